The number of carbonyl (C=O) groups excluding carboxylic acids is 1. The normalized spacial score (nSPS) is 12.9. The maximum atomic E-state index is 11.9. The van der Waals surface area contributed by atoms with Crippen LogP contribution in [0.5, 0.6) is 0 Å². The van der Waals surface area contributed by atoms with Gasteiger partial charge in [-0.15, -0.1) is 0 Å². The Kier molecular flexibility index (Phi) is 43.7. The Labute approximate surface area is 342 Å². The number of carboxylic acids is 1. The SMILES string of the molecule is CCCCCCCCCCOC(=O)CCCCCCC/C=C\CCCCCCCCNC(CCCCCCCC/C=C\CCCCCCCC(=O)O)C(C)N. The molecule has 0 aromatic carbocycles. The summed E-state index contributed by atoms with van der Waals surface area (Å²) in [5.74, 6) is -0.669. The lowest BCUT2D eigenvalue weighted by Crippen LogP contribution is -2.43. The number of nitrogens with two attached hydrogens (primary N) is 1. The van der Waals surface area contributed by atoms with Crippen LogP contribution in [-0.4, -0.2) is 42.3 Å². The molecule has 4 N–H and O–H groups in total. The second-order valence-corrected chi connectivity index (χ2v) is 16.7. The topological polar surface area (TPSA) is 102 Å². The van der Waals surface area contributed by atoms with Gasteiger partial charge < -0.3 is 20.9 Å². The summed E-state index contributed by atoms with van der Waals surface area (Å²) in [7, 11) is 0. The van der Waals surface area contributed by atoms with E-state index in [1.807, 2.05) is 0 Å². The van der Waals surface area contributed by atoms with E-state index in [0.717, 1.165) is 51.5 Å². The van der Waals surface area contributed by atoms with Crippen molar-refractivity contribution < 1.29 is 19.4 Å². The van der Waals surface area contributed by atoms with Crippen LogP contribution in [0.2, 0.25) is 0 Å². The van der Waals surface area contributed by atoms with Crippen LogP contribution in [0, 0.1) is 0 Å². The molecule has 0 rings (SSSR count). The Bertz CT molecular complexity index is 858. The Morgan fingerprint density at radius 1 is 0.527 bits per heavy atom. The van der Waals surface area contributed by atoms with E-state index in [-0.39, 0.29) is 12.0 Å². The fourth-order valence-corrected chi connectivity index (χ4v) is 7.36. The highest BCUT2D eigenvalue weighted by atomic mass is 16.5. The predicted octanol–water partition coefficient (Wildman–Crippen LogP) is 14.5. The minimum atomic E-state index is -0.671. The minimum absolute atomic E-state index is 0.00128. The third-order valence-electron chi connectivity index (χ3n) is 11.1. The number of esters is 1. The maximum Gasteiger partial charge on any atom is 0.305 e. The van der Waals surface area contributed by atoms with E-state index >= 15 is 0 Å². The molecule has 0 saturated heterocycles. The fraction of sp³-hybridized carbons (Fsp3) is 0.878. The Balaban J connectivity index is 3.44. The number of rotatable bonds is 45. The van der Waals surface area contributed by atoms with Crippen molar-refractivity contribution in [1.29, 1.82) is 0 Å². The first-order valence-corrected chi connectivity index (χ1v) is 24.1. The van der Waals surface area contributed by atoms with Crippen molar-refractivity contribution in [2.45, 2.75) is 264 Å². The van der Waals surface area contributed by atoms with Crippen molar-refractivity contribution >= 4 is 11.9 Å². The highest BCUT2D eigenvalue weighted by molar-refractivity contribution is 5.69. The first kappa shape index (κ1) is 53.3. The van der Waals surface area contributed by atoms with Crippen molar-refractivity contribution in [3.05, 3.63) is 24.3 Å². The van der Waals surface area contributed by atoms with E-state index in [4.69, 9.17) is 15.6 Å². The van der Waals surface area contributed by atoms with Crippen LogP contribution in [0.4, 0.5) is 0 Å². The van der Waals surface area contributed by atoms with Gasteiger partial charge >= 0.3 is 11.9 Å². The molecule has 0 aromatic heterocycles. The quantitative estimate of drug-likeness (QED) is 0.0323. The number of aliphatic carboxylic acids is 1. The number of nitrogens with one attached hydrogen (secondary N) is 1. The summed E-state index contributed by atoms with van der Waals surface area (Å²) in [4.78, 5) is 22.4. The molecule has 0 radical (unpaired) electrons. The standard InChI is InChI=1S/C49H94N2O4/c1-3-4-5-6-7-30-35-40-45-55-49(54)43-38-33-28-24-20-16-12-9-13-17-21-25-29-34-39-44-51-47(46(2)50)41-36-31-26-22-18-14-10-8-11-15-19-23-27-32-37-42-48(52)53/h8-9,11-12,46-47,51H,3-7,10,13-45,50H2,1-2H3,(H,52,53)/b11-8-,12-9-. The summed E-state index contributed by atoms with van der Waals surface area (Å²) in [6, 6.07) is 0.666. The van der Waals surface area contributed by atoms with Crippen LogP contribution in [0.15, 0.2) is 24.3 Å². The fourth-order valence-electron chi connectivity index (χ4n) is 7.36. The van der Waals surface area contributed by atoms with Gasteiger partial charge in [0.15, 0.2) is 0 Å². The van der Waals surface area contributed by atoms with Crippen molar-refractivity contribution in [2.75, 3.05) is 13.2 Å². The lowest BCUT2D eigenvalue weighted by molar-refractivity contribution is -0.144. The highest BCUT2D eigenvalue weighted by Gasteiger charge is 2.12. The Hall–Kier alpha value is -1.66. The molecule has 2 atom stereocenters. The van der Waals surface area contributed by atoms with Crippen LogP contribution < -0.4 is 11.1 Å². The predicted molar refractivity (Wildman–Crippen MR) is 239 cm³/mol. The monoisotopic (exact) mass is 775 g/mol. The molecule has 6 heteroatoms. The van der Waals surface area contributed by atoms with Crippen LogP contribution in [-0.2, 0) is 14.3 Å². The van der Waals surface area contributed by atoms with Crippen molar-refractivity contribution in [2.24, 2.45) is 5.73 Å². The average Bonchev–Trinajstić information content (AvgIpc) is 3.16. The molecule has 0 bridgehead atoms. The molecule has 0 heterocycles. The maximum absolute atomic E-state index is 11.9. The number of hydrogen-bond acceptors (Lipinski definition) is 5. The molecule has 2 unspecified atom stereocenters. The van der Waals surface area contributed by atoms with Crippen molar-refractivity contribution in [1.82, 2.24) is 5.32 Å². The van der Waals surface area contributed by atoms with Crippen LogP contribution in [0.3, 0.4) is 0 Å². The third-order valence-corrected chi connectivity index (χ3v) is 11.1. The van der Waals surface area contributed by atoms with Crippen molar-refractivity contribution in [3.63, 3.8) is 0 Å². The van der Waals surface area contributed by atoms with Crippen LogP contribution in [0.25, 0.3) is 0 Å². The molecule has 0 fully saturated rings. The number of unbranched alkanes of at least 4 members (excludes halogenated alkanes) is 29. The molecule has 0 aliphatic heterocycles. The largest absolute Gasteiger partial charge is 0.481 e. The van der Waals surface area contributed by atoms with E-state index in [9.17, 15) is 9.59 Å². The van der Waals surface area contributed by atoms with E-state index < -0.39 is 5.97 Å². The first-order chi connectivity index (χ1) is 27.0. The van der Waals surface area contributed by atoms with Gasteiger partial charge in [-0.1, -0.05) is 172 Å². The Morgan fingerprint density at radius 3 is 1.36 bits per heavy atom. The van der Waals surface area contributed by atoms with Gasteiger partial charge in [0, 0.05) is 24.9 Å². The highest BCUT2D eigenvalue weighted by Crippen LogP contribution is 2.14. The minimum Gasteiger partial charge on any atom is -0.481 e. The molecule has 55 heavy (non-hydrogen) atoms. The number of ether oxygens (including phenoxy) is 1. The van der Waals surface area contributed by atoms with E-state index in [1.54, 1.807) is 0 Å². The molecule has 324 valence electrons. The van der Waals surface area contributed by atoms with E-state index in [2.05, 4.69) is 43.5 Å². The lowest BCUT2D eigenvalue weighted by atomic mass is 10.0. The van der Waals surface area contributed by atoms with Gasteiger partial charge in [-0.05, 0) is 96.9 Å². The number of carbonyl (C=O) groups is 2. The van der Waals surface area contributed by atoms with Gasteiger partial charge in [0.2, 0.25) is 0 Å². The molecular weight excluding hydrogens is 681 g/mol. The zero-order valence-electron chi connectivity index (χ0n) is 36.8. The number of hydrogen-bond donors (Lipinski definition) is 3. The van der Waals surface area contributed by atoms with Gasteiger partial charge in [0.25, 0.3) is 0 Å². The molecular formula is C49H94N2O4. The summed E-state index contributed by atoms with van der Waals surface area (Å²) in [6.45, 7) is 6.12. The second kappa shape index (κ2) is 45.0. The van der Waals surface area contributed by atoms with Gasteiger partial charge in [-0.2, -0.15) is 0 Å². The third kappa shape index (κ3) is 44.9. The molecule has 0 amide bonds. The summed E-state index contributed by atoms with van der Waals surface area (Å²) in [5, 5.41) is 12.4. The van der Waals surface area contributed by atoms with Crippen LogP contribution >= 0.6 is 0 Å². The summed E-state index contributed by atoms with van der Waals surface area (Å²) < 4.78 is 5.41. The number of allylic oxidation sites excluding steroid dienone is 4. The van der Waals surface area contributed by atoms with Gasteiger partial charge in [-0.3, -0.25) is 9.59 Å². The molecule has 0 saturated carbocycles. The lowest BCUT2D eigenvalue weighted by Gasteiger charge is -2.22. The molecule has 6 nitrogen and oxygen atoms in total. The van der Waals surface area contributed by atoms with Gasteiger partial charge in [-0.25, -0.2) is 0 Å². The summed E-state index contributed by atoms with van der Waals surface area (Å²) in [6.07, 6.45) is 53.8. The second-order valence-electron chi connectivity index (χ2n) is 16.7. The molecule has 0 aromatic rings. The zero-order chi connectivity index (χ0) is 40.1. The smallest absolute Gasteiger partial charge is 0.305 e. The van der Waals surface area contributed by atoms with Crippen LogP contribution in [0.1, 0.15) is 251 Å². The molecule has 0 aliphatic carbocycles. The first-order valence-electron chi connectivity index (χ1n) is 24.1. The Morgan fingerprint density at radius 2 is 0.909 bits per heavy atom. The van der Waals surface area contributed by atoms with Crippen molar-refractivity contribution in [3.8, 4) is 0 Å². The van der Waals surface area contributed by atoms with E-state index in [0.29, 0.717) is 25.5 Å². The van der Waals surface area contributed by atoms with E-state index in [1.165, 1.54) is 180 Å². The molecule has 0 aliphatic rings. The summed E-state index contributed by atoms with van der Waals surface area (Å²) in [5.41, 5.74) is 6.32. The average molecular weight is 775 g/mol. The molecule has 0 spiro atoms. The number of carboxylic acid groups (broad SMARTS) is 1. The van der Waals surface area contributed by atoms with Gasteiger partial charge in [0.05, 0.1) is 6.61 Å². The van der Waals surface area contributed by atoms with Gasteiger partial charge in [0.1, 0.15) is 0 Å². The zero-order valence-corrected chi connectivity index (χ0v) is 36.8. The summed E-state index contributed by atoms with van der Waals surface area (Å²) >= 11 is 0.